The molecule has 0 fully saturated rings. The van der Waals surface area contributed by atoms with Crippen molar-refractivity contribution in [1.82, 2.24) is 15.0 Å². The lowest BCUT2D eigenvalue weighted by Crippen LogP contribution is -2.12. The Balaban J connectivity index is 2.25. The Morgan fingerprint density at radius 1 is 1.38 bits per heavy atom. The molecule has 4 heteroatoms. The van der Waals surface area contributed by atoms with Crippen molar-refractivity contribution in [2.24, 2.45) is 5.92 Å². The minimum absolute atomic E-state index is 0.0729. The highest BCUT2D eigenvalue weighted by atomic mass is 16.3. The molecule has 0 aliphatic rings. The fourth-order valence-electron chi connectivity index (χ4n) is 1.77. The van der Waals surface area contributed by atoms with Crippen LogP contribution in [-0.2, 0) is 0 Å². The summed E-state index contributed by atoms with van der Waals surface area (Å²) in [5.74, 6) is 1.29. The van der Waals surface area contributed by atoms with E-state index in [1.165, 1.54) is 0 Å². The van der Waals surface area contributed by atoms with Gasteiger partial charge in [-0.1, -0.05) is 13.8 Å². The van der Waals surface area contributed by atoms with Gasteiger partial charge in [0.2, 0.25) is 0 Å². The molecule has 1 atom stereocenters. The first-order valence-corrected chi connectivity index (χ1v) is 5.52. The summed E-state index contributed by atoms with van der Waals surface area (Å²) >= 11 is 0. The van der Waals surface area contributed by atoms with Crippen molar-refractivity contribution in [3.05, 3.63) is 30.4 Å². The molecule has 0 aromatic carbocycles. The van der Waals surface area contributed by atoms with Crippen LogP contribution in [0.1, 0.15) is 25.6 Å². The monoisotopic (exact) mass is 219 g/mol. The topological polar surface area (TPSA) is 64.7 Å². The summed E-state index contributed by atoms with van der Waals surface area (Å²) in [6, 6.07) is 3.93. The Labute approximate surface area is 94.7 Å². The maximum Gasteiger partial charge on any atom is 0.112 e. The van der Waals surface area contributed by atoms with E-state index in [1.54, 1.807) is 6.20 Å². The number of hydrogen-bond acceptors (Lipinski definition) is 2. The third kappa shape index (κ3) is 2.02. The van der Waals surface area contributed by atoms with Crippen LogP contribution in [0.25, 0.3) is 11.4 Å². The number of aliphatic hydroxyl groups is 1. The molecule has 0 saturated carbocycles. The first-order valence-electron chi connectivity index (χ1n) is 5.52. The van der Waals surface area contributed by atoms with Crippen LogP contribution in [0.3, 0.4) is 0 Å². The summed E-state index contributed by atoms with van der Waals surface area (Å²) in [5.41, 5.74) is 1.97. The first-order chi connectivity index (χ1) is 7.72. The summed E-state index contributed by atoms with van der Waals surface area (Å²) in [4.78, 5) is 10.7. The normalized spacial score (nSPS) is 13.2. The average Bonchev–Trinajstić information content (AvgIpc) is 2.86. The molecular weight excluding hydrogens is 202 g/mol. The highest BCUT2D eigenvalue weighted by molar-refractivity contribution is 5.53. The summed E-state index contributed by atoms with van der Waals surface area (Å²) in [5, 5.41) is 9.32. The van der Waals surface area contributed by atoms with Gasteiger partial charge in [-0.2, -0.15) is 0 Å². The Morgan fingerprint density at radius 2 is 2.19 bits per heavy atom. The Hall–Kier alpha value is -1.55. The van der Waals surface area contributed by atoms with Crippen LogP contribution in [0.15, 0.2) is 24.5 Å². The second kappa shape index (κ2) is 4.53. The van der Waals surface area contributed by atoms with Gasteiger partial charge in [0.25, 0.3) is 0 Å². The highest BCUT2D eigenvalue weighted by Gasteiger charge is 2.18. The highest BCUT2D eigenvalue weighted by Crippen LogP contribution is 2.23. The smallest absolute Gasteiger partial charge is 0.112 e. The van der Waals surface area contributed by atoms with Crippen LogP contribution in [0, 0.1) is 5.92 Å². The molecule has 1 unspecified atom stereocenters. The number of H-pyrrole nitrogens is 2. The third-order valence-corrected chi connectivity index (χ3v) is 2.84. The molecule has 0 radical (unpaired) electrons. The van der Waals surface area contributed by atoms with E-state index in [-0.39, 0.29) is 12.5 Å². The van der Waals surface area contributed by atoms with E-state index in [9.17, 15) is 5.11 Å². The van der Waals surface area contributed by atoms with Gasteiger partial charge in [0.1, 0.15) is 5.82 Å². The zero-order valence-corrected chi connectivity index (χ0v) is 9.57. The van der Waals surface area contributed by atoms with Crippen molar-refractivity contribution in [3.8, 4) is 11.4 Å². The molecule has 2 aromatic heterocycles. The molecule has 0 saturated heterocycles. The van der Waals surface area contributed by atoms with Crippen LogP contribution in [0.2, 0.25) is 0 Å². The largest absolute Gasteiger partial charge is 0.396 e. The van der Waals surface area contributed by atoms with E-state index in [0.29, 0.717) is 5.92 Å². The van der Waals surface area contributed by atoms with Crippen LogP contribution in [-0.4, -0.2) is 26.7 Å². The number of aromatic amines is 2. The fraction of sp³-hybridized carbons (Fsp3) is 0.417. The molecule has 16 heavy (non-hydrogen) atoms. The quantitative estimate of drug-likeness (QED) is 0.737. The van der Waals surface area contributed by atoms with Gasteiger partial charge < -0.3 is 15.1 Å². The van der Waals surface area contributed by atoms with E-state index in [1.807, 2.05) is 18.3 Å². The van der Waals surface area contributed by atoms with E-state index >= 15 is 0 Å². The molecular formula is C12H17N3O. The number of aromatic nitrogens is 3. The van der Waals surface area contributed by atoms with E-state index < -0.39 is 0 Å². The zero-order valence-electron chi connectivity index (χ0n) is 9.57. The molecule has 0 aliphatic heterocycles. The summed E-state index contributed by atoms with van der Waals surface area (Å²) in [7, 11) is 0. The van der Waals surface area contributed by atoms with E-state index in [2.05, 4.69) is 28.8 Å². The van der Waals surface area contributed by atoms with Gasteiger partial charge >= 0.3 is 0 Å². The van der Waals surface area contributed by atoms with Crippen molar-refractivity contribution < 1.29 is 5.11 Å². The van der Waals surface area contributed by atoms with Crippen LogP contribution in [0.5, 0.6) is 0 Å². The predicted octanol–water partition coefficient (Wildman–Crippen LogP) is 2.14. The van der Waals surface area contributed by atoms with Gasteiger partial charge in [-0.3, -0.25) is 0 Å². The number of nitrogens with one attached hydrogen (secondary N) is 2. The third-order valence-electron chi connectivity index (χ3n) is 2.84. The Morgan fingerprint density at radius 3 is 2.75 bits per heavy atom. The molecule has 0 amide bonds. The lowest BCUT2D eigenvalue weighted by Gasteiger charge is -2.15. The molecule has 3 N–H and O–H groups in total. The van der Waals surface area contributed by atoms with E-state index in [4.69, 9.17) is 0 Å². The predicted molar refractivity (Wildman–Crippen MR) is 63.0 cm³/mol. The standard InChI is InChI=1S/C12H17N3O/c1-8(2)9(7-16)12-14-6-11(15-12)10-4-3-5-13-10/h3-6,8-9,13,16H,7H2,1-2H3,(H,14,15). The number of hydrogen-bond donors (Lipinski definition) is 3. The van der Waals surface area contributed by atoms with Gasteiger partial charge in [0.15, 0.2) is 0 Å². The van der Waals surface area contributed by atoms with E-state index in [0.717, 1.165) is 17.2 Å². The number of imidazole rings is 1. The average molecular weight is 219 g/mol. The summed E-state index contributed by atoms with van der Waals surface area (Å²) < 4.78 is 0. The van der Waals surface area contributed by atoms with Gasteiger partial charge in [0.05, 0.1) is 24.2 Å². The Bertz CT molecular complexity index is 431. The maximum atomic E-state index is 9.32. The molecule has 86 valence electrons. The molecule has 2 rings (SSSR count). The van der Waals surface area contributed by atoms with Gasteiger partial charge in [-0.25, -0.2) is 4.98 Å². The lowest BCUT2D eigenvalue weighted by atomic mass is 9.96. The van der Waals surface area contributed by atoms with Crippen molar-refractivity contribution >= 4 is 0 Å². The van der Waals surface area contributed by atoms with Crippen LogP contribution >= 0.6 is 0 Å². The summed E-state index contributed by atoms with van der Waals surface area (Å²) in [6.45, 7) is 4.28. The zero-order chi connectivity index (χ0) is 11.5. The van der Waals surface area contributed by atoms with Crippen molar-refractivity contribution in [3.63, 3.8) is 0 Å². The van der Waals surface area contributed by atoms with Crippen molar-refractivity contribution in [2.75, 3.05) is 6.61 Å². The summed E-state index contributed by atoms with van der Waals surface area (Å²) in [6.07, 6.45) is 3.67. The second-order valence-electron chi connectivity index (χ2n) is 4.30. The number of aliphatic hydroxyl groups excluding tert-OH is 1. The minimum atomic E-state index is 0.0729. The molecule has 0 aliphatic carbocycles. The first kappa shape index (κ1) is 11.0. The molecule has 2 aromatic rings. The van der Waals surface area contributed by atoms with Crippen LogP contribution < -0.4 is 0 Å². The molecule has 4 nitrogen and oxygen atoms in total. The SMILES string of the molecule is CC(C)C(CO)c1ncc(-c2ccc[nH]2)[nH]1. The molecule has 0 spiro atoms. The second-order valence-corrected chi connectivity index (χ2v) is 4.30. The van der Waals surface area contributed by atoms with Crippen molar-refractivity contribution in [2.45, 2.75) is 19.8 Å². The molecule has 0 bridgehead atoms. The minimum Gasteiger partial charge on any atom is -0.396 e. The fourth-order valence-corrected chi connectivity index (χ4v) is 1.77. The number of nitrogens with zero attached hydrogens (tertiary/aromatic N) is 1. The van der Waals surface area contributed by atoms with Gasteiger partial charge in [-0.15, -0.1) is 0 Å². The lowest BCUT2D eigenvalue weighted by molar-refractivity contribution is 0.232. The Kier molecular flexibility index (Phi) is 3.10. The maximum absolute atomic E-state index is 9.32. The van der Waals surface area contributed by atoms with Crippen molar-refractivity contribution in [1.29, 1.82) is 0 Å². The number of rotatable bonds is 4. The van der Waals surface area contributed by atoms with Gasteiger partial charge in [-0.05, 0) is 18.1 Å². The van der Waals surface area contributed by atoms with Crippen LogP contribution in [0.4, 0.5) is 0 Å². The van der Waals surface area contributed by atoms with Gasteiger partial charge in [0, 0.05) is 12.1 Å². The molecule has 2 heterocycles.